The summed E-state index contributed by atoms with van der Waals surface area (Å²) in [6.07, 6.45) is 3.43. The van der Waals surface area contributed by atoms with E-state index >= 15 is 0 Å². The third-order valence-electron chi connectivity index (χ3n) is 4.51. The highest BCUT2D eigenvalue weighted by Crippen LogP contribution is 2.29. The second kappa shape index (κ2) is 7.59. The minimum absolute atomic E-state index is 0.292. The van der Waals surface area contributed by atoms with Gasteiger partial charge in [-0.3, -0.25) is 4.79 Å². The molecular formula is C19H20NO6-. The first-order valence-electron chi connectivity index (χ1n) is 8.71. The molecule has 1 aliphatic carbocycles. The van der Waals surface area contributed by atoms with Crippen molar-refractivity contribution in [2.24, 2.45) is 0 Å². The van der Waals surface area contributed by atoms with Crippen LogP contribution in [0, 0.1) is 0 Å². The average Bonchev–Trinajstić information content (AvgIpc) is 3.10. The van der Waals surface area contributed by atoms with Gasteiger partial charge in [0.25, 0.3) is 5.91 Å². The molecule has 0 saturated heterocycles. The van der Waals surface area contributed by atoms with Crippen molar-refractivity contribution >= 4 is 22.8 Å². The first kappa shape index (κ1) is 18.0. The molecule has 1 aromatic heterocycles. The summed E-state index contributed by atoms with van der Waals surface area (Å²) in [5.41, 5.74) is 1.87. The van der Waals surface area contributed by atoms with Gasteiger partial charge in [-0.05, 0) is 43.4 Å². The van der Waals surface area contributed by atoms with E-state index in [4.69, 9.17) is 9.15 Å². The molecule has 2 aromatic rings. The highest BCUT2D eigenvalue weighted by atomic mass is 16.5. The number of ether oxygens (including phenoxy) is 1. The maximum atomic E-state index is 12.0. The SMILES string of the molecule is CCC[C@@H](NC(=O)COc1ccc2c3c(c(=O)oc2c1)CCC3)C(=O)[O-]. The quantitative estimate of drug-likeness (QED) is 0.730. The Labute approximate surface area is 150 Å². The molecule has 1 aromatic carbocycles. The zero-order valence-electron chi connectivity index (χ0n) is 14.5. The van der Waals surface area contributed by atoms with Crippen molar-refractivity contribution in [1.29, 1.82) is 0 Å². The van der Waals surface area contributed by atoms with Crippen LogP contribution < -0.4 is 20.8 Å². The van der Waals surface area contributed by atoms with E-state index in [1.54, 1.807) is 12.1 Å². The Hall–Kier alpha value is -2.83. The summed E-state index contributed by atoms with van der Waals surface area (Å²) in [4.78, 5) is 34.9. The van der Waals surface area contributed by atoms with E-state index in [9.17, 15) is 19.5 Å². The summed E-state index contributed by atoms with van der Waals surface area (Å²) in [7, 11) is 0. The molecule has 7 nitrogen and oxygen atoms in total. The highest BCUT2D eigenvalue weighted by molar-refractivity contribution is 5.84. The van der Waals surface area contributed by atoms with Crippen molar-refractivity contribution in [2.75, 3.05) is 6.61 Å². The first-order valence-corrected chi connectivity index (χ1v) is 8.71. The third-order valence-corrected chi connectivity index (χ3v) is 4.51. The zero-order valence-corrected chi connectivity index (χ0v) is 14.5. The van der Waals surface area contributed by atoms with Crippen LogP contribution in [0.4, 0.5) is 0 Å². The van der Waals surface area contributed by atoms with E-state index in [0.29, 0.717) is 24.2 Å². The second-order valence-corrected chi connectivity index (χ2v) is 6.37. The fraction of sp³-hybridized carbons (Fsp3) is 0.421. The van der Waals surface area contributed by atoms with Crippen LogP contribution in [0.25, 0.3) is 11.0 Å². The van der Waals surface area contributed by atoms with Gasteiger partial charge in [0.2, 0.25) is 0 Å². The molecule has 0 saturated carbocycles. The lowest BCUT2D eigenvalue weighted by Crippen LogP contribution is -2.49. The van der Waals surface area contributed by atoms with Crippen LogP contribution in [0.15, 0.2) is 27.4 Å². The number of carbonyl (C=O) groups excluding carboxylic acids is 2. The Kier molecular flexibility index (Phi) is 5.25. The number of hydrogen-bond acceptors (Lipinski definition) is 6. The smallest absolute Gasteiger partial charge is 0.339 e. The van der Waals surface area contributed by atoms with Gasteiger partial charge in [-0.25, -0.2) is 4.79 Å². The lowest BCUT2D eigenvalue weighted by molar-refractivity contribution is -0.308. The maximum Gasteiger partial charge on any atom is 0.339 e. The molecule has 1 atom stereocenters. The number of benzene rings is 1. The molecule has 26 heavy (non-hydrogen) atoms. The molecule has 0 unspecified atom stereocenters. The normalized spacial score (nSPS) is 14.0. The number of carboxylic acid groups (broad SMARTS) is 1. The van der Waals surface area contributed by atoms with Crippen molar-refractivity contribution < 1.29 is 23.8 Å². The van der Waals surface area contributed by atoms with Crippen LogP contribution >= 0.6 is 0 Å². The van der Waals surface area contributed by atoms with Gasteiger partial charge in [-0.15, -0.1) is 0 Å². The van der Waals surface area contributed by atoms with Crippen molar-refractivity contribution in [3.63, 3.8) is 0 Å². The van der Waals surface area contributed by atoms with Crippen LogP contribution in [-0.2, 0) is 22.4 Å². The van der Waals surface area contributed by atoms with E-state index in [0.717, 1.165) is 35.8 Å². The summed E-state index contributed by atoms with van der Waals surface area (Å²) in [5.74, 6) is -1.50. The highest BCUT2D eigenvalue weighted by Gasteiger charge is 2.20. The first-order chi connectivity index (χ1) is 12.5. The Morgan fingerprint density at radius 2 is 2.08 bits per heavy atom. The molecule has 0 radical (unpaired) electrons. The second-order valence-electron chi connectivity index (χ2n) is 6.37. The van der Waals surface area contributed by atoms with Crippen LogP contribution in [0.3, 0.4) is 0 Å². The largest absolute Gasteiger partial charge is 0.548 e. The number of carbonyl (C=O) groups is 2. The predicted molar refractivity (Wildman–Crippen MR) is 91.8 cm³/mol. The zero-order chi connectivity index (χ0) is 18.7. The number of fused-ring (bicyclic) bond motifs is 3. The topological polar surface area (TPSA) is 109 Å². The Balaban J connectivity index is 1.70. The summed E-state index contributed by atoms with van der Waals surface area (Å²) in [5, 5.41) is 14.2. The number of amides is 1. The molecule has 3 rings (SSSR count). The van der Waals surface area contributed by atoms with Crippen LogP contribution in [0.1, 0.15) is 37.3 Å². The van der Waals surface area contributed by atoms with Crippen LogP contribution in [0.5, 0.6) is 5.75 Å². The lowest BCUT2D eigenvalue weighted by atomic mass is 10.1. The standard InChI is InChI=1S/C19H21NO6/c1-2-4-15(18(22)23)20-17(21)10-25-11-7-8-13-12-5-3-6-14(12)19(24)26-16(13)9-11/h7-9,15H,2-6,10H2,1H3,(H,20,21)(H,22,23)/p-1/t15-/m1/s1. The van der Waals surface area contributed by atoms with Crippen molar-refractivity contribution in [3.8, 4) is 5.75 Å². The summed E-state index contributed by atoms with van der Waals surface area (Å²) >= 11 is 0. The minimum Gasteiger partial charge on any atom is -0.548 e. The maximum absolute atomic E-state index is 12.0. The molecule has 0 aliphatic heterocycles. The fourth-order valence-electron chi connectivity index (χ4n) is 3.28. The number of nitrogens with one attached hydrogen (secondary N) is 1. The summed E-state index contributed by atoms with van der Waals surface area (Å²) in [6, 6.07) is 4.06. The third kappa shape index (κ3) is 3.71. The number of carboxylic acids is 1. The van der Waals surface area contributed by atoms with E-state index in [1.165, 1.54) is 0 Å². The molecule has 1 N–H and O–H groups in total. The van der Waals surface area contributed by atoms with Gasteiger partial charge in [-0.2, -0.15) is 0 Å². The Morgan fingerprint density at radius 3 is 2.81 bits per heavy atom. The summed E-state index contributed by atoms with van der Waals surface area (Å²) in [6.45, 7) is 1.48. The lowest BCUT2D eigenvalue weighted by Gasteiger charge is -2.19. The van der Waals surface area contributed by atoms with Gasteiger partial charge in [0.1, 0.15) is 11.3 Å². The molecule has 0 fully saturated rings. The van der Waals surface area contributed by atoms with Gasteiger partial charge in [0.05, 0.1) is 12.0 Å². The van der Waals surface area contributed by atoms with Crippen molar-refractivity contribution in [1.82, 2.24) is 5.32 Å². The van der Waals surface area contributed by atoms with Gasteiger partial charge >= 0.3 is 5.63 Å². The van der Waals surface area contributed by atoms with E-state index < -0.39 is 17.9 Å². The van der Waals surface area contributed by atoms with Gasteiger partial charge < -0.3 is 24.4 Å². The van der Waals surface area contributed by atoms with Gasteiger partial charge in [0, 0.05) is 17.0 Å². The van der Waals surface area contributed by atoms with Crippen LogP contribution in [-0.4, -0.2) is 24.5 Å². The summed E-state index contributed by atoms with van der Waals surface area (Å²) < 4.78 is 10.8. The predicted octanol–water partition coefficient (Wildman–Crippen LogP) is 0.695. The molecule has 0 spiro atoms. The molecule has 7 heteroatoms. The molecular weight excluding hydrogens is 338 g/mol. The molecule has 1 heterocycles. The number of aryl methyl sites for hydroxylation is 1. The monoisotopic (exact) mass is 358 g/mol. The fourth-order valence-corrected chi connectivity index (χ4v) is 3.28. The van der Waals surface area contributed by atoms with Gasteiger partial charge in [0.15, 0.2) is 6.61 Å². The van der Waals surface area contributed by atoms with Crippen molar-refractivity contribution in [2.45, 2.75) is 45.1 Å². The average molecular weight is 358 g/mol. The number of rotatable bonds is 7. The number of aliphatic carboxylic acids is 1. The Bertz CT molecular complexity index is 901. The Morgan fingerprint density at radius 1 is 1.31 bits per heavy atom. The molecule has 1 aliphatic rings. The minimum atomic E-state index is -1.32. The number of hydrogen-bond donors (Lipinski definition) is 1. The van der Waals surface area contributed by atoms with E-state index in [1.807, 2.05) is 13.0 Å². The van der Waals surface area contributed by atoms with E-state index in [2.05, 4.69) is 5.32 Å². The van der Waals surface area contributed by atoms with E-state index in [-0.39, 0.29) is 12.2 Å². The molecule has 0 bridgehead atoms. The van der Waals surface area contributed by atoms with Gasteiger partial charge in [-0.1, -0.05) is 13.3 Å². The molecule has 1 amide bonds. The van der Waals surface area contributed by atoms with Crippen LogP contribution in [0.2, 0.25) is 0 Å². The van der Waals surface area contributed by atoms with Crippen molar-refractivity contribution in [3.05, 3.63) is 39.7 Å². The molecule has 138 valence electrons.